The molecule has 1 aromatic rings. The molecule has 0 saturated carbocycles. The number of hydrogen-bond acceptors (Lipinski definition) is 2. The van der Waals surface area contributed by atoms with Crippen LogP contribution in [0.1, 0.15) is 26.7 Å². The molecule has 0 atom stereocenters. The fourth-order valence-corrected chi connectivity index (χ4v) is 3.87. The Bertz CT molecular complexity index is 479. The fraction of sp³-hybridized carbons (Fsp3) is 0.500. The SMILES string of the molecule is CCC(CC)CNS(=O)(=O)c1c(Cl)cccc1Cl. The topological polar surface area (TPSA) is 46.2 Å². The van der Waals surface area contributed by atoms with Gasteiger partial charge in [-0.05, 0) is 18.1 Å². The predicted octanol–water partition coefficient (Wildman–Crippen LogP) is 3.71. The number of nitrogens with one attached hydrogen (secondary N) is 1. The second kappa shape index (κ2) is 6.75. The zero-order chi connectivity index (χ0) is 13.8. The lowest BCUT2D eigenvalue weighted by molar-refractivity contribution is 0.479. The van der Waals surface area contributed by atoms with Gasteiger partial charge in [-0.2, -0.15) is 0 Å². The molecule has 0 aliphatic rings. The summed E-state index contributed by atoms with van der Waals surface area (Å²) in [6.07, 6.45) is 1.85. The average molecular weight is 310 g/mol. The van der Waals surface area contributed by atoms with E-state index < -0.39 is 10.0 Å². The van der Waals surface area contributed by atoms with Crippen molar-refractivity contribution in [3.8, 4) is 0 Å². The number of sulfonamides is 1. The summed E-state index contributed by atoms with van der Waals surface area (Å²) in [7, 11) is -3.65. The Morgan fingerprint density at radius 1 is 1.17 bits per heavy atom. The molecule has 102 valence electrons. The van der Waals surface area contributed by atoms with Crippen LogP contribution in [0, 0.1) is 5.92 Å². The molecule has 0 unspecified atom stereocenters. The molecule has 18 heavy (non-hydrogen) atoms. The molecule has 1 N–H and O–H groups in total. The lowest BCUT2D eigenvalue weighted by Crippen LogP contribution is -2.29. The molecule has 0 bridgehead atoms. The first kappa shape index (κ1) is 15.8. The van der Waals surface area contributed by atoms with Crippen LogP contribution in [0.25, 0.3) is 0 Å². The van der Waals surface area contributed by atoms with Gasteiger partial charge in [-0.3, -0.25) is 0 Å². The second-order valence-electron chi connectivity index (χ2n) is 4.09. The van der Waals surface area contributed by atoms with Crippen molar-refractivity contribution in [2.24, 2.45) is 5.92 Å². The van der Waals surface area contributed by atoms with E-state index >= 15 is 0 Å². The first-order valence-electron chi connectivity index (χ1n) is 5.86. The summed E-state index contributed by atoms with van der Waals surface area (Å²) in [6.45, 7) is 4.47. The molecule has 3 nitrogen and oxygen atoms in total. The molecule has 0 radical (unpaired) electrons. The van der Waals surface area contributed by atoms with Gasteiger partial charge < -0.3 is 0 Å². The van der Waals surface area contributed by atoms with Crippen LogP contribution in [0.15, 0.2) is 23.1 Å². The molecule has 0 heterocycles. The summed E-state index contributed by atoms with van der Waals surface area (Å²) < 4.78 is 26.8. The van der Waals surface area contributed by atoms with E-state index in [1.54, 1.807) is 6.07 Å². The highest BCUT2D eigenvalue weighted by molar-refractivity contribution is 7.89. The summed E-state index contributed by atoms with van der Waals surface area (Å²) in [6, 6.07) is 4.64. The highest BCUT2D eigenvalue weighted by Gasteiger charge is 2.21. The van der Waals surface area contributed by atoms with Crippen LogP contribution in [0.2, 0.25) is 10.0 Å². The molecule has 0 aliphatic carbocycles. The van der Waals surface area contributed by atoms with Crippen molar-refractivity contribution in [2.75, 3.05) is 6.54 Å². The third-order valence-corrected chi connectivity index (χ3v) is 5.28. The molecule has 0 saturated heterocycles. The minimum absolute atomic E-state index is 0.0423. The molecule has 0 spiro atoms. The van der Waals surface area contributed by atoms with Crippen molar-refractivity contribution in [3.63, 3.8) is 0 Å². The lowest BCUT2D eigenvalue weighted by atomic mass is 10.0. The van der Waals surface area contributed by atoms with E-state index in [0.29, 0.717) is 12.5 Å². The van der Waals surface area contributed by atoms with Crippen LogP contribution in [0.5, 0.6) is 0 Å². The normalized spacial score (nSPS) is 12.1. The quantitative estimate of drug-likeness (QED) is 0.870. The smallest absolute Gasteiger partial charge is 0.211 e. The van der Waals surface area contributed by atoms with Crippen molar-refractivity contribution in [2.45, 2.75) is 31.6 Å². The van der Waals surface area contributed by atoms with Crippen molar-refractivity contribution in [1.82, 2.24) is 4.72 Å². The highest BCUT2D eigenvalue weighted by atomic mass is 35.5. The largest absolute Gasteiger partial charge is 0.243 e. The maximum atomic E-state index is 12.1. The predicted molar refractivity (Wildman–Crippen MR) is 75.7 cm³/mol. The number of benzene rings is 1. The van der Waals surface area contributed by atoms with Gasteiger partial charge in [0.15, 0.2) is 0 Å². The van der Waals surface area contributed by atoms with Gasteiger partial charge in [0.1, 0.15) is 4.90 Å². The van der Waals surface area contributed by atoms with E-state index in [4.69, 9.17) is 23.2 Å². The number of halogens is 2. The van der Waals surface area contributed by atoms with E-state index in [0.717, 1.165) is 12.8 Å². The van der Waals surface area contributed by atoms with E-state index in [-0.39, 0.29) is 14.9 Å². The van der Waals surface area contributed by atoms with Crippen LogP contribution < -0.4 is 4.72 Å². The zero-order valence-corrected chi connectivity index (χ0v) is 12.7. The lowest BCUT2D eigenvalue weighted by Gasteiger charge is -2.14. The van der Waals surface area contributed by atoms with Crippen LogP contribution in [0.3, 0.4) is 0 Å². The van der Waals surface area contributed by atoms with Gasteiger partial charge in [-0.1, -0.05) is 56.0 Å². The van der Waals surface area contributed by atoms with E-state index in [9.17, 15) is 8.42 Å². The van der Waals surface area contributed by atoms with Gasteiger partial charge in [-0.25, -0.2) is 13.1 Å². The molecular weight excluding hydrogens is 293 g/mol. The van der Waals surface area contributed by atoms with Crippen molar-refractivity contribution >= 4 is 33.2 Å². The Balaban J connectivity index is 2.94. The molecule has 0 aliphatic heterocycles. The molecule has 0 aromatic heterocycles. The maximum absolute atomic E-state index is 12.1. The Kier molecular flexibility index (Phi) is 5.92. The van der Waals surface area contributed by atoms with E-state index in [1.165, 1.54) is 12.1 Å². The third-order valence-electron chi connectivity index (χ3n) is 2.90. The maximum Gasteiger partial charge on any atom is 0.243 e. The van der Waals surface area contributed by atoms with Crippen LogP contribution in [-0.2, 0) is 10.0 Å². The van der Waals surface area contributed by atoms with Crippen molar-refractivity contribution in [1.29, 1.82) is 0 Å². The molecule has 1 rings (SSSR count). The van der Waals surface area contributed by atoms with Crippen LogP contribution in [-0.4, -0.2) is 15.0 Å². The summed E-state index contributed by atoms with van der Waals surface area (Å²) in [5.74, 6) is 0.320. The van der Waals surface area contributed by atoms with Crippen molar-refractivity contribution < 1.29 is 8.42 Å². The van der Waals surface area contributed by atoms with Crippen LogP contribution >= 0.6 is 23.2 Å². The first-order chi connectivity index (χ1) is 8.42. The summed E-state index contributed by atoms with van der Waals surface area (Å²) in [4.78, 5) is -0.0423. The van der Waals surface area contributed by atoms with Gasteiger partial charge in [0, 0.05) is 6.54 Å². The molecule has 6 heteroatoms. The standard InChI is InChI=1S/C12H17Cl2NO2S/c1-3-9(4-2)8-15-18(16,17)12-10(13)6-5-7-11(12)14/h5-7,9,15H,3-4,8H2,1-2H3. The zero-order valence-electron chi connectivity index (χ0n) is 10.4. The second-order valence-corrected chi connectivity index (χ2v) is 6.60. The summed E-state index contributed by atoms with van der Waals surface area (Å²) in [5, 5.41) is 0.277. The van der Waals surface area contributed by atoms with E-state index in [2.05, 4.69) is 4.72 Å². The molecular formula is C12H17Cl2NO2S. The number of hydrogen-bond donors (Lipinski definition) is 1. The Morgan fingerprint density at radius 2 is 1.67 bits per heavy atom. The third kappa shape index (κ3) is 3.85. The summed E-state index contributed by atoms with van der Waals surface area (Å²) >= 11 is 11.8. The Morgan fingerprint density at radius 3 is 2.11 bits per heavy atom. The number of rotatable bonds is 6. The van der Waals surface area contributed by atoms with Gasteiger partial charge in [0.25, 0.3) is 0 Å². The van der Waals surface area contributed by atoms with Crippen molar-refractivity contribution in [3.05, 3.63) is 28.2 Å². The molecule has 1 aromatic carbocycles. The van der Waals surface area contributed by atoms with Gasteiger partial charge >= 0.3 is 0 Å². The monoisotopic (exact) mass is 309 g/mol. The average Bonchev–Trinajstić information content (AvgIpc) is 2.29. The van der Waals surface area contributed by atoms with E-state index in [1.807, 2.05) is 13.8 Å². The first-order valence-corrected chi connectivity index (χ1v) is 8.10. The van der Waals surface area contributed by atoms with Gasteiger partial charge in [-0.15, -0.1) is 0 Å². The minimum atomic E-state index is -3.65. The van der Waals surface area contributed by atoms with Gasteiger partial charge in [0.05, 0.1) is 10.0 Å². The fourth-order valence-electron chi connectivity index (χ4n) is 1.62. The molecule has 0 fully saturated rings. The molecule has 0 amide bonds. The Labute approximate surface area is 119 Å². The Hall–Kier alpha value is -0.290. The minimum Gasteiger partial charge on any atom is -0.211 e. The van der Waals surface area contributed by atoms with Gasteiger partial charge in [0.2, 0.25) is 10.0 Å². The highest BCUT2D eigenvalue weighted by Crippen LogP contribution is 2.28. The van der Waals surface area contributed by atoms with Crippen LogP contribution in [0.4, 0.5) is 0 Å². The summed E-state index contributed by atoms with van der Waals surface area (Å²) in [5.41, 5.74) is 0.